The molecule has 22 heavy (non-hydrogen) atoms. The molecule has 0 aliphatic rings. The summed E-state index contributed by atoms with van der Waals surface area (Å²) in [5.74, 6) is 0.0410. The monoisotopic (exact) mass is 340 g/mol. The average Bonchev–Trinajstić information content (AvgIpc) is 2.55. The van der Waals surface area contributed by atoms with Gasteiger partial charge in [0.05, 0.1) is 31.1 Å². The summed E-state index contributed by atoms with van der Waals surface area (Å²) < 4.78 is 9.76. The molecule has 0 saturated heterocycles. The molecule has 1 aromatic heterocycles. The van der Waals surface area contributed by atoms with E-state index in [-0.39, 0.29) is 5.69 Å². The molecule has 0 amide bonds. The molecule has 0 radical (unpaired) electrons. The molecule has 2 aromatic rings. The van der Waals surface area contributed by atoms with Crippen LogP contribution >= 0.6 is 23.2 Å². The highest BCUT2D eigenvalue weighted by Gasteiger charge is 2.10. The van der Waals surface area contributed by atoms with Crippen molar-refractivity contribution in [3.8, 4) is 5.75 Å². The molecule has 0 bridgehead atoms. The van der Waals surface area contributed by atoms with Crippen LogP contribution in [0.5, 0.6) is 5.75 Å². The minimum atomic E-state index is -0.478. The number of nitrogens with zero attached hydrogens (tertiary/aromatic N) is 1. The summed E-state index contributed by atoms with van der Waals surface area (Å²) in [6.07, 6.45) is 1.54. The standard InChI is InChI=1S/C15H14Cl2N2O3/c1-21-13-6-10(16)5-9(14(13)17)7-18-11-3-4-12(19-8-11)15(20)22-2/h3-6,8,18H,7H2,1-2H3. The predicted molar refractivity (Wildman–Crippen MR) is 85.9 cm³/mol. The van der Waals surface area contributed by atoms with Crippen LogP contribution in [0, 0.1) is 0 Å². The van der Waals surface area contributed by atoms with Crippen molar-refractivity contribution in [3.05, 3.63) is 51.8 Å². The van der Waals surface area contributed by atoms with E-state index in [1.54, 1.807) is 30.5 Å². The maximum atomic E-state index is 11.3. The highest BCUT2D eigenvalue weighted by atomic mass is 35.5. The zero-order chi connectivity index (χ0) is 16.1. The number of anilines is 1. The number of benzene rings is 1. The summed E-state index contributed by atoms with van der Waals surface area (Å²) >= 11 is 12.3. The van der Waals surface area contributed by atoms with Gasteiger partial charge in [-0.15, -0.1) is 0 Å². The Morgan fingerprint density at radius 2 is 2.05 bits per heavy atom. The van der Waals surface area contributed by atoms with E-state index >= 15 is 0 Å². The number of esters is 1. The molecule has 1 heterocycles. The van der Waals surface area contributed by atoms with Gasteiger partial charge in [-0.2, -0.15) is 0 Å². The largest absolute Gasteiger partial charge is 0.495 e. The van der Waals surface area contributed by atoms with Crippen molar-refractivity contribution in [2.24, 2.45) is 0 Å². The van der Waals surface area contributed by atoms with Crippen molar-refractivity contribution in [2.75, 3.05) is 19.5 Å². The van der Waals surface area contributed by atoms with E-state index in [0.717, 1.165) is 11.3 Å². The number of halogens is 2. The maximum Gasteiger partial charge on any atom is 0.356 e. The molecular weight excluding hydrogens is 327 g/mol. The summed E-state index contributed by atoms with van der Waals surface area (Å²) in [7, 11) is 2.84. The van der Waals surface area contributed by atoms with E-state index < -0.39 is 5.97 Å². The Morgan fingerprint density at radius 1 is 1.27 bits per heavy atom. The molecule has 5 nitrogen and oxygen atoms in total. The lowest BCUT2D eigenvalue weighted by molar-refractivity contribution is 0.0594. The summed E-state index contributed by atoms with van der Waals surface area (Å²) in [4.78, 5) is 15.3. The summed E-state index contributed by atoms with van der Waals surface area (Å²) in [6.45, 7) is 0.439. The van der Waals surface area contributed by atoms with Crippen molar-refractivity contribution >= 4 is 34.9 Å². The highest BCUT2D eigenvalue weighted by molar-refractivity contribution is 6.34. The molecule has 0 unspecified atom stereocenters. The Labute approximate surface area is 138 Å². The number of hydrogen-bond acceptors (Lipinski definition) is 5. The number of aromatic nitrogens is 1. The molecule has 116 valence electrons. The summed E-state index contributed by atoms with van der Waals surface area (Å²) in [5.41, 5.74) is 1.78. The number of hydrogen-bond donors (Lipinski definition) is 1. The van der Waals surface area contributed by atoms with Gasteiger partial charge < -0.3 is 14.8 Å². The van der Waals surface area contributed by atoms with Crippen molar-refractivity contribution in [3.63, 3.8) is 0 Å². The highest BCUT2D eigenvalue weighted by Crippen LogP contribution is 2.32. The number of rotatable bonds is 5. The van der Waals surface area contributed by atoms with Crippen molar-refractivity contribution in [2.45, 2.75) is 6.54 Å². The molecular formula is C15H14Cl2N2O3. The third-order valence-corrected chi connectivity index (χ3v) is 3.59. The van der Waals surface area contributed by atoms with Crippen LogP contribution in [0.25, 0.3) is 0 Å². The zero-order valence-electron chi connectivity index (χ0n) is 12.0. The van der Waals surface area contributed by atoms with Crippen molar-refractivity contribution < 1.29 is 14.3 Å². The van der Waals surface area contributed by atoms with Gasteiger partial charge in [0, 0.05) is 17.6 Å². The van der Waals surface area contributed by atoms with Gasteiger partial charge in [-0.05, 0) is 23.8 Å². The van der Waals surface area contributed by atoms with Crippen LogP contribution in [-0.2, 0) is 11.3 Å². The summed E-state index contributed by atoms with van der Waals surface area (Å²) in [5, 5.41) is 4.19. The van der Waals surface area contributed by atoms with Crippen LogP contribution in [0.2, 0.25) is 10.0 Å². The van der Waals surface area contributed by atoms with Gasteiger partial charge in [-0.3, -0.25) is 0 Å². The van der Waals surface area contributed by atoms with Crippen LogP contribution in [0.4, 0.5) is 5.69 Å². The first-order valence-electron chi connectivity index (χ1n) is 6.35. The van der Waals surface area contributed by atoms with E-state index in [2.05, 4.69) is 15.0 Å². The number of nitrogens with one attached hydrogen (secondary N) is 1. The average molecular weight is 341 g/mol. The second kappa shape index (κ2) is 7.33. The Balaban J connectivity index is 2.10. The zero-order valence-corrected chi connectivity index (χ0v) is 13.5. The van der Waals surface area contributed by atoms with Gasteiger partial charge in [-0.1, -0.05) is 23.2 Å². The Bertz CT molecular complexity index is 675. The lowest BCUT2D eigenvalue weighted by atomic mass is 10.2. The maximum absolute atomic E-state index is 11.3. The minimum absolute atomic E-state index is 0.246. The van der Waals surface area contributed by atoms with Gasteiger partial charge in [0.25, 0.3) is 0 Å². The summed E-state index contributed by atoms with van der Waals surface area (Å²) in [6, 6.07) is 6.72. The first-order valence-corrected chi connectivity index (χ1v) is 7.11. The molecule has 2 rings (SSSR count). The van der Waals surface area contributed by atoms with E-state index in [1.807, 2.05) is 0 Å². The smallest absolute Gasteiger partial charge is 0.356 e. The molecule has 0 aliphatic carbocycles. The predicted octanol–water partition coefficient (Wildman–Crippen LogP) is 3.80. The Kier molecular flexibility index (Phi) is 5.46. The molecule has 0 aliphatic heterocycles. The van der Waals surface area contributed by atoms with Crippen molar-refractivity contribution in [1.29, 1.82) is 0 Å². The SMILES string of the molecule is COC(=O)c1ccc(NCc2cc(Cl)cc(OC)c2Cl)cn1. The van der Waals surface area contributed by atoms with Crippen LogP contribution in [0.15, 0.2) is 30.5 Å². The first-order chi connectivity index (χ1) is 10.5. The van der Waals surface area contributed by atoms with Crippen molar-refractivity contribution in [1.82, 2.24) is 4.98 Å². The van der Waals surface area contributed by atoms with Crippen LogP contribution in [0.3, 0.4) is 0 Å². The number of pyridine rings is 1. The number of carbonyl (C=O) groups excluding carboxylic acids is 1. The molecule has 0 spiro atoms. The molecule has 0 saturated carbocycles. The molecule has 1 N–H and O–H groups in total. The third-order valence-electron chi connectivity index (χ3n) is 2.94. The van der Waals surface area contributed by atoms with Gasteiger partial charge in [0.2, 0.25) is 0 Å². The fourth-order valence-corrected chi connectivity index (χ4v) is 2.30. The third kappa shape index (κ3) is 3.81. The normalized spacial score (nSPS) is 10.2. The number of ether oxygens (including phenoxy) is 2. The van der Waals surface area contributed by atoms with Crippen LogP contribution < -0.4 is 10.1 Å². The van der Waals surface area contributed by atoms with Crippen LogP contribution in [-0.4, -0.2) is 25.2 Å². The van der Waals surface area contributed by atoms with E-state index in [9.17, 15) is 4.79 Å². The van der Waals surface area contributed by atoms with E-state index in [4.69, 9.17) is 27.9 Å². The van der Waals surface area contributed by atoms with Gasteiger partial charge in [0.1, 0.15) is 11.4 Å². The Hall–Kier alpha value is -1.98. The topological polar surface area (TPSA) is 60.5 Å². The number of methoxy groups -OCH3 is 2. The fourth-order valence-electron chi connectivity index (χ4n) is 1.82. The Morgan fingerprint density at radius 3 is 2.64 bits per heavy atom. The quantitative estimate of drug-likeness (QED) is 0.839. The second-order valence-electron chi connectivity index (χ2n) is 4.36. The molecule has 7 heteroatoms. The van der Waals surface area contributed by atoms with Gasteiger partial charge in [0.15, 0.2) is 0 Å². The molecule has 0 atom stereocenters. The first kappa shape index (κ1) is 16.4. The molecule has 0 fully saturated rings. The lowest BCUT2D eigenvalue weighted by Gasteiger charge is -2.11. The van der Waals surface area contributed by atoms with E-state index in [0.29, 0.717) is 22.3 Å². The molecule has 1 aromatic carbocycles. The lowest BCUT2D eigenvalue weighted by Crippen LogP contribution is -2.05. The minimum Gasteiger partial charge on any atom is -0.495 e. The second-order valence-corrected chi connectivity index (χ2v) is 5.17. The van der Waals surface area contributed by atoms with Gasteiger partial charge >= 0.3 is 5.97 Å². The van der Waals surface area contributed by atoms with Gasteiger partial charge in [-0.25, -0.2) is 9.78 Å². The fraction of sp³-hybridized carbons (Fsp3) is 0.200. The van der Waals surface area contributed by atoms with Crippen LogP contribution in [0.1, 0.15) is 16.1 Å². The van der Waals surface area contributed by atoms with E-state index in [1.165, 1.54) is 14.2 Å². The number of carbonyl (C=O) groups is 1.